The van der Waals surface area contributed by atoms with Crippen molar-refractivity contribution in [1.29, 1.82) is 0 Å². The highest BCUT2D eigenvalue weighted by atomic mass is 19.1. The highest BCUT2D eigenvalue weighted by Gasteiger charge is 2.24. The Bertz CT molecular complexity index is 955. The zero-order valence-electron chi connectivity index (χ0n) is 18.7. The molecule has 0 bridgehead atoms. The fourth-order valence-corrected chi connectivity index (χ4v) is 4.52. The number of benzene rings is 2. The van der Waals surface area contributed by atoms with Crippen LogP contribution in [0.15, 0.2) is 53.5 Å². The van der Waals surface area contributed by atoms with Crippen molar-refractivity contribution in [3.63, 3.8) is 0 Å². The first kappa shape index (κ1) is 22.1. The van der Waals surface area contributed by atoms with Crippen molar-refractivity contribution in [2.24, 2.45) is 4.99 Å². The molecule has 0 spiro atoms. The lowest BCUT2D eigenvalue weighted by Crippen LogP contribution is -2.49. The molecule has 1 fully saturated rings. The largest absolute Gasteiger partial charge is 0.371 e. The fraction of sp³-hybridized carbons (Fsp3) is 0.440. The minimum absolute atomic E-state index is 0.185. The Hall–Kier alpha value is -3.09. The molecule has 32 heavy (non-hydrogen) atoms. The second-order valence-electron chi connectivity index (χ2n) is 8.41. The number of carbonyl (C=O) groups is 1. The Morgan fingerprint density at radius 1 is 1.12 bits per heavy atom. The summed E-state index contributed by atoms with van der Waals surface area (Å²) in [4.78, 5) is 21.1. The minimum Gasteiger partial charge on any atom is -0.371 e. The SMILES string of the molecule is CN=C(NCCCC(=O)N1CCc2ccccc21)NC1CCN(c2cccc(F)c2)CC1. The van der Waals surface area contributed by atoms with Gasteiger partial charge in [-0.1, -0.05) is 24.3 Å². The molecule has 0 aliphatic carbocycles. The van der Waals surface area contributed by atoms with Crippen molar-refractivity contribution in [2.75, 3.05) is 43.0 Å². The van der Waals surface area contributed by atoms with Crippen molar-refractivity contribution in [2.45, 2.75) is 38.1 Å². The van der Waals surface area contributed by atoms with Gasteiger partial charge in [0, 0.05) is 57.1 Å². The maximum Gasteiger partial charge on any atom is 0.227 e. The van der Waals surface area contributed by atoms with Gasteiger partial charge in [0.2, 0.25) is 5.91 Å². The average Bonchev–Trinajstić information content (AvgIpc) is 3.25. The summed E-state index contributed by atoms with van der Waals surface area (Å²) in [6.07, 6.45) is 4.14. The van der Waals surface area contributed by atoms with Gasteiger partial charge < -0.3 is 20.4 Å². The van der Waals surface area contributed by atoms with E-state index in [0.29, 0.717) is 19.0 Å². The first-order valence-corrected chi connectivity index (χ1v) is 11.5. The molecule has 7 heteroatoms. The maximum atomic E-state index is 13.5. The molecule has 2 N–H and O–H groups in total. The van der Waals surface area contributed by atoms with Crippen LogP contribution in [0.1, 0.15) is 31.2 Å². The molecule has 0 aromatic heterocycles. The topological polar surface area (TPSA) is 60.0 Å². The van der Waals surface area contributed by atoms with Crippen molar-refractivity contribution in [1.82, 2.24) is 10.6 Å². The highest BCUT2D eigenvalue weighted by Crippen LogP contribution is 2.28. The molecule has 0 atom stereocenters. The van der Waals surface area contributed by atoms with E-state index in [1.807, 2.05) is 29.2 Å². The number of hydrogen-bond donors (Lipinski definition) is 2. The van der Waals surface area contributed by atoms with Crippen molar-refractivity contribution < 1.29 is 9.18 Å². The Labute approximate surface area is 189 Å². The third kappa shape index (κ3) is 5.39. The maximum absolute atomic E-state index is 13.5. The summed E-state index contributed by atoms with van der Waals surface area (Å²) < 4.78 is 13.5. The van der Waals surface area contributed by atoms with Crippen LogP contribution in [0.4, 0.5) is 15.8 Å². The predicted molar refractivity (Wildman–Crippen MR) is 128 cm³/mol. The zero-order chi connectivity index (χ0) is 22.3. The molecular formula is C25H32FN5O. The predicted octanol–water partition coefficient (Wildman–Crippen LogP) is 3.33. The summed E-state index contributed by atoms with van der Waals surface area (Å²) in [7, 11) is 1.77. The van der Waals surface area contributed by atoms with E-state index in [1.54, 1.807) is 19.2 Å². The van der Waals surface area contributed by atoms with Crippen LogP contribution >= 0.6 is 0 Å². The van der Waals surface area contributed by atoms with E-state index in [9.17, 15) is 9.18 Å². The van der Waals surface area contributed by atoms with Crippen molar-refractivity contribution in [3.8, 4) is 0 Å². The first-order chi connectivity index (χ1) is 15.6. The molecule has 2 aliphatic rings. The van der Waals surface area contributed by atoms with Crippen LogP contribution in [-0.2, 0) is 11.2 Å². The molecule has 1 saturated heterocycles. The molecule has 6 nitrogen and oxygen atoms in total. The van der Waals surface area contributed by atoms with E-state index in [2.05, 4.69) is 26.6 Å². The molecule has 2 aromatic rings. The van der Waals surface area contributed by atoms with Gasteiger partial charge in [-0.05, 0) is 55.5 Å². The van der Waals surface area contributed by atoms with E-state index in [0.717, 1.165) is 62.7 Å². The lowest BCUT2D eigenvalue weighted by atomic mass is 10.0. The molecule has 2 aliphatic heterocycles. The Morgan fingerprint density at radius 3 is 2.72 bits per heavy atom. The van der Waals surface area contributed by atoms with Crippen molar-refractivity contribution >= 4 is 23.2 Å². The van der Waals surface area contributed by atoms with E-state index >= 15 is 0 Å². The number of nitrogens with one attached hydrogen (secondary N) is 2. The molecule has 1 amide bonds. The van der Waals surface area contributed by atoms with E-state index < -0.39 is 0 Å². The summed E-state index contributed by atoms with van der Waals surface area (Å²) in [5.74, 6) is 0.761. The summed E-state index contributed by atoms with van der Waals surface area (Å²) in [5, 5.41) is 6.83. The lowest BCUT2D eigenvalue weighted by molar-refractivity contribution is -0.118. The monoisotopic (exact) mass is 437 g/mol. The molecule has 4 rings (SSSR count). The van der Waals surface area contributed by atoms with Crippen LogP contribution in [0.5, 0.6) is 0 Å². The zero-order valence-corrected chi connectivity index (χ0v) is 18.7. The van der Waals surface area contributed by atoms with Gasteiger partial charge in [-0.25, -0.2) is 4.39 Å². The summed E-state index contributed by atoms with van der Waals surface area (Å²) in [6, 6.07) is 15.3. The smallest absolute Gasteiger partial charge is 0.227 e. The van der Waals surface area contributed by atoms with Crippen molar-refractivity contribution in [3.05, 3.63) is 59.9 Å². The molecular weight excluding hydrogens is 405 g/mol. The van der Waals surface area contributed by atoms with Crippen LogP contribution in [0.25, 0.3) is 0 Å². The lowest BCUT2D eigenvalue weighted by Gasteiger charge is -2.34. The molecule has 0 saturated carbocycles. The third-order valence-electron chi connectivity index (χ3n) is 6.28. The van der Waals surface area contributed by atoms with Gasteiger partial charge >= 0.3 is 0 Å². The fourth-order valence-electron chi connectivity index (χ4n) is 4.52. The Balaban J connectivity index is 1.16. The highest BCUT2D eigenvalue weighted by molar-refractivity contribution is 5.95. The second kappa shape index (κ2) is 10.5. The Kier molecular flexibility index (Phi) is 7.24. The molecule has 2 aromatic carbocycles. The standard InChI is InChI=1S/C25H32FN5O/c1-27-25(29-21-12-15-30(16-13-21)22-8-4-7-20(26)18-22)28-14-5-10-24(32)31-17-11-19-6-2-3-9-23(19)31/h2-4,6-9,18,21H,5,10-17H2,1H3,(H2,27,28,29). The number of guanidine groups is 1. The second-order valence-corrected chi connectivity index (χ2v) is 8.41. The van der Waals surface area contributed by atoms with Crippen LogP contribution in [-0.4, -0.2) is 51.1 Å². The first-order valence-electron chi connectivity index (χ1n) is 11.5. The minimum atomic E-state index is -0.195. The summed E-state index contributed by atoms with van der Waals surface area (Å²) in [6.45, 7) is 3.24. The number of piperidine rings is 1. The number of carbonyl (C=O) groups excluding carboxylic acids is 1. The molecule has 170 valence electrons. The van der Waals surface area contributed by atoms with E-state index in [4.69, 9.17) is 0 Å². The quantitative estimate of drug-likeness (QED) is 0.414. The van der Waals surface area contributed by atoms with Gasteiger partial charge in [-0.15, -0.1) is 0 Å². The van der Waals surface area contributed by atoms with Gasteiger partial charge in [-0.3, -0.25) is 9.79 Å². The van der Waals surface area contributed by atoms with Crippen LogP contribution in [0.2, 0.25) is 0 Å². The number of nitrogens with zero attached hydrogens (tertiary/aromatic N) is 3. The summed E-state index contributed by atoms with van der Waals surface area (Å²) >= 11 is 0. The van der Waals surface area contributed by atoms with Gasteiger partial charge in [0.1, 0.15) is 5.82 Å². The van der Waals surface area contributed by atoms with Gasteiger partial charge in [0.05, 0.1) is 0 Å². The number of anilines is 2. The van der Waals surface area contributed by atoms with Gasteiger partial charge in [-0.2, -0.15) is 0 Å². The number of fused-ring (bicyclic) bond motifs is 1. The molecule has 0 unspecified atom stereocenters. The number of hydrogen-bond acceptors (Lipinski definition) is 3. The normalized spacial score (nSPS) is 16.8. The number of rotatable bonds is 6. The number of aliphatic imine (C=N–C) groups is 1. The number of para-hydroxylation sites is 1. The van der Waals surface area contributed by atoms with Gasteiger partial charge in [0.25, 0.3) is 0 Å². The number of halogens is 1. The van der Waals surface area contributed by atoms with Crippen LogP contribution in [0.3, 0.4) is 0 Å². The van der Waals surface area contributed by atoms with E-state index in [1.165, 1.54) is 11.6 Å². The number of amides is 1. The summed E-state index contributed by atoms with van der Waals surface area (Å²) in [5.41, 5.74) is 3.26. The molecule has 0 radical (unpaired) electrons. The van der Waals surface area contributed by atoms with E-state index in [-0.39, 0.29) is 11.7 Å². The molecule has 2 heterocycles. The van der Waals surface area contributed by atoms with Crippen LogP contribution in [0, 0.1) is 5.82 Å². The van der Waals surface area contributed by atoms with Gasteiger partial charge in [0.15, 0.2) is 5.96 Å². The van der Waals surface area contributed by atoms with Crippen LogP contribution < -0.4 is 20.4 Å². The third-order valence-corrected chi connectivity index (χ3v) is 6.28. The Morgan fingerprint density at radius 2 is 1.94 bits per heavy atom. The average molecular weight is 438 g/mol.